The number of nitrogens with zero attached hydrogens (tertiary/aromatic N) is 1. The normalized spacial score (nSPS) is 10.1. The van der Waals surface area contributed by atoms with Crippen LogP contribution in [0.4, 0.5) is 5.82 Å². The van der Waals surface area contributed by atoms with Crippen LogP contribution in [0.1, 0.15) is 6.92 Å². The summed E-state index contributed by atoms with van der Waals surface area (Å²) in [6.07, 6.45) is 0. The lowest BCUT2D eigenvalue weighted by atomic mass is 10.1. The zero-order valence-electron chi connectivity index (χ0n) is 9.45. The van der Waals surface area contributed by atoms with Gasteiger partial charge in [-0.3, -0.25) is 5.10 Å². The number of rotatable bonds is 4. The van der Waals surface area contributed by atoms with Gasteiger partial charge in [0.1, 0.15) is 11.6 Å². The van der Waals surface area contributed by atoms with E-state index in [0.29, 0.717) is 0 Å². The van der Waals surface area contributed by atoms with Gasteiger partial charge in [0.2, 0.25) is 0 Å². The molecule has 0 spiro atoms. The van der Waals surface area contributed by atoms with Gasteiger partial charge in [-0.25, -0.2) is 0 Å². The number of benzene rings is 1. The van der Waals surface area contributed by atoms with E-state index in [1.165, 1.54) is 0 Å². The van der Waals surface area contributed by atoms with Crippen LogP contribution in [0.25, 0.3) is 11.3 Å². The molecule has 4 nitrogen and oxygen atoms in total. The maximum absolute atomic E-state index is 5.11. The number of aromatic nitrogens is 2. The van der Waals surface area contributed by atoms with Crippen molar-refractivity contribution in [2.24, 2.45) is 0 Å². The molecule has 1 aromatic carbocycles. The Bertz CT molecular complexity index is 448. The summed E-state index contributed by atoms with van der Waals surface area (Å²) in [6, 6.07) is 9.86. The third kappa shape index (κ3) is 2.16. The minimum atomic E-state index is 0.857. The molecule has 0 amide bonds. The Morgan fingerprint density at radius 2 is 2.06 bits per heavy atom. The molecule has 4 heteroatoms. The first kappa shape index (κ1) is 10.5. The third-order valence-electron chi connectivity index (χ3n) is 2.34. The molecule has 0 fully saturated rings. The third-order valence-corrected chi connectivity index (χ3v) is 2.34. The van der Waals surface area contributed by atoms with Gasteiger partial charge in [0.25, 0.3) is 0 Å². The number of aromatic amines is 1. The second kappa shape index (κ2) is 4.70. The molecule has 0 atom stereocenters. The summed E-state index contributed by atoms with van der Waals surface area (Å²) in [5.74, 6) is 1.73. The second-order valence-corrected chi connectivity index (χ2v) is 3.43. The molecule has 2 rings (SSSR count). The lowest BCUT2D eigenvalue weighted by molar-refractivity contribution is 0.415. The molecule has 0 bridgehead atoms. The number of hydrogen-bond acceptors (Lipinski definition) is 3. The molecule has 0 saturated heterocycles. The quantitative estimate of drug-likeness (QED) is 0.827. The molecule has 1 aromatic heterocycles. The first-order chi connectivity index (χ1) is 7.83. The Morgan fingerprint density at radius 1 is 1.31 bits per heavy atom. The molecule has 1 heterocycles. The van der Waals surface area contributed by atoms with Crippen molar-refractivity contribution in [1.82, 2.24) is 10.2 Å². The molecule has 16 heavy (non-hydrogen) atoms. The molecular formula is C12H15N3O. The van der Waals surface area contributed by atoms with Crippen molar-refractivity contribution >= 4 is 5.82 Å². The van der Waals surface area contributed by atoms with Crippen LogP contribution in [0.3, 0.4) is 0 Å². The van der Waals surface area contributed by atoms with Crippen LogP contribution in [-0.4, -0.2) is 23.9 Å². The van der Waals surface area contributed by atoms with Gasteiger partial charge in [-0.05, 0) is 36.8 Å². The zero-order valence-corrected chi connectivity index (χ0v) is 9.45. The highest BCUT2D eigenvalue weighted by Gasteiger charge is 2.02. The van der Waals surface area contributed by atoms with Gasteiger partial charge in [-0.2, -0.15) is 5.10 Å². The van der Waals surface area contributed by atoms with Crippen LogP contribution in [0.5, 0.6) is 5.75 Å². The van der Waals surface area contributed by atoms with Crippen molar-refractivity contribution < 1.29 is 4.74 Å². The SMILES string of the molecule is CCNc1cc(-c2ccc(OC)cc2)[nH]n1. The summed E-state index contributed by atoms with van der Waals surface area (Å²) < 4.78 is 5.11. The fourth-order valence-electron chi connectivity index (χ4n) is 1.51. The fourth-order valence-corrected chi connectivity index (χ4v) is 1.51. The highest BCUT2D eigenvalue weighted by Crippen LogP contribution is 2.22. The van der Waals surface area contributed by atoms with E-state index in [2.05, 4.69) is 15.5 Å². The lowest BCUT2D eigenvalue weighted by Crippen LogP contribution is -1.95. The Balaban J connectivity index is 2.21. The average molecular weight is 217 g/mol. The number of hydrogen-bond donors (Lipinski definition) is 2. The van der Waals surface area contributed by atoms with Gasteiger partial charge in [0.05, 0.1) is 12.8 Å². The number of nitrogens with one attached hydrogen (secondary N) is 2. The smallest absolute Gasteiger partial charge is 0.148 e. The Morgan fingerprint density at radius 3 is 2.69 bits per heavy atom. The van der Waals surface area contributed by atoms with E-state index in [1.54, 1.807) is 7.11 Å². The molecule has 2 N–H and O–H groups in total. The van der Waals surface area contributed by atoms with E-state index in [9.17, 15) is 0 Å². The summed E-state index contributed by atoms with van der Waals surface area (Å²) in [5.41, 5.74) is 2.09. The first-order valence-electron chi connectivity index (χ1n) is 5.27. The molecule has 0 saturated carbocycles. The van der Waals surface area contributed by atoms with Gasteiger partial charge < -0.3 is 10.1 Å². The maximum Gasteiger partial charge on any atom is 0.148 e. The van der Waals surface area contributed by atoms with Crippen molar-refractivity contribution in [3.63, 3.8) is 0 Å². The van der Waals surface area contributed by atoms with Crippen LogP contribution in [0, 0.1) is 0 Å². The molecular weight excluding hydrogens is 202 g/mol. The summed E-state index contributed by atoms with van der Waals surface area (Å²) in [6.45, 7) is 2.91. The van der Waals surface area contributed by atoms with Crippen LogP contribution >= 0.6 is 0 Å². The Labute approximate surface area is 94.6 Å². The van der Waals surface area contributed by atoms with E-state index in [0.717, 1.165) is 29.4 Å². The molecule has 84 valence electrons. The minimum Gasteiger partial charge on any atom is -0.497 e. The van der Waals surface area contributed by atoms with E-state index >= 15 is 0 Å². The van der Waals surface area contributed by atoms with Gasteiger partial charge in [-0.1, -0.05) is 0 Å². The van der Waals surface area contributed by atoms with Gasteiger partial charge >= 0.3 is 0 Å². The molecule has 2 aromatic rings. The predicted octanol–water partition coefficient (Wildman–Crippen LogP) is 2.52. The van der Waals surface area contributed by atoms with E-state index in [-0.39, 0.29) is 0 Å². The topological polar surface area (TPSA) is 49.9 Å². The summed E-state index contributed by atoms with van der Waals surface area (Å²) in [5, 5.41) is 10.3. The first-order valence-corrected chi connectivity index (χ1v) is 5.27. The standard InChI is InChI=1S/C12H15N3O/c1-3-13-12-8-11(14-15-12)9-4-6-10(16-2)7-5-9/h4-8H,3H2,1-2H3,(H2,13,14,15). The van der Waals surface area contributed by atoms with Gasteiger partial charge in [-0.15, -0.1) is 0 Å². The van der Waals surface area contributed by atoms with Crippen molar-refractivity contribution in [3.05, 3.63) is 30.3 Å². The van der Waals surface area contributed by atoms with Crippen molar-refractivity contribution in [3.8, 4) is 17.0 Å². The molecule has 0 aliphatic carbocycles. The van der Waals surface area contributed by atoms with Gasteiger partial charge in [0.15, 0.2) is 0 Å². The Hall–Kier alpha value is -1.97. The summed E-state index contributed by atoms with van der Waals surface area (Å²) in [7, 11) is 1.66. The number of ether oxygens (including phenoxy) is 1. The minimum absolute atomic E-state index is 0.857. The van der Waals surface area contributed by atoms with E-state index in [1.807, 2.05) is 37.3 Å². The largest absolute Gasteiger partial charge is 0.497 e. The zero-order chi connectivity index (χ0) is 11.4. The van der Waals surface area contributed by atoms with Crippen molar-refractivity contribution in [1.29, 1.82) is 0 Å². The number of methoxy groups -OCH3 is 1. The highest BCUT2D eigenvalue weighted by molar-refractivity contribution is 5.63. The highest BCUT2D eigenvalue weighted by atomic mass is 16.5. The predicted molar refractivity (Wildman–Crippen MR) is 64.7 cm³/mol. The van der Waals surface area contributed by atoms with Gasteiger partial charge in [0, 0.05) is 12.6 Å². The molecule has 0 aliphatic heterocycles. The van der Waals surface area contributed by atoms with E-state index < -0.39 is 0 Å². The average Bonchev–Trinajstić information content (AvgIpc) is 2.78. The fraction of sp³-hybridized carbons (Fsp3) is 0.250. The lowest BCUT2D eigenvalue weighted by Gasteiger charge is -2.00. The summed E-state index contributed by atoms with van der Waals surface area (Å²) in [4.78, 5) is 0. The Kier molecular flexibility index (Phi) is 3.10. The molecule has 0 radical (unpaired) electrons. The van der Waals surface area contributed by atoms with Crippen molar-refractivity contribution in [2.75, 3.05) is 19.0 Å². The molecule has 0 aliphatic rings. The summed E-state index contributed by atoms with van der Waals surface area (Å²) >= 11 is 0. The maximum atomic E-state index is 5.11. The number of anilines is 1. The van der Waals surface area contributed by atoms with Crippen LogP contribution in [0.2, 0.25) is 0 Å². The monoisotopic (exact) mass is 217 g/mol. The second-order valence-electron chi connectivity index (χ2n) is 3.43. The van der Waals surface area contributed by atoms with Crippen LogP contribution in [0.15, 0.2) is 30.3 Å². The number of H-pyrrole nitrogens is 1. The van der Waals surface area contributed by atoms with Crippen LogP contribution < -0.4 is 10.1 Å². The van der Waals surface area contributed by atoms with E-state index in [4.69, 9.17) is 4.74 Å². The van der Waals surface area contributed by atoms with Crippen LogP contribution in [-0.2, 0) is 0 Å². The molecule has 0 unspecified atom stereocenters. The van der Waals surface area contributed by atoms with Crippen molar-refractivity contribution in [2.45, 2.75) is 6.92 Å².